The summed E-state index contributed by atoms with van der Waals surface area (Å²) in [5.41, 5.74) is 0.655. The number of hydrogen-bond acceptors (Lipinski definition) is 6. The summed E-state index contributed by atoms with van der Waals surface area (Å²) in [6, 6.07) is 0. The van der Waals surface area contributed by atoms with Gasteiger partial charge in [0, 0.05) is 30.8 Å². The van der Waals surface area contributed by atoms with Crippen molar-refractivity contribution in [1.82, 2.24) is 25.1 Å². The molecule has 0 bridgehead atoms. The molecule has 2 aromatic heterocycles. The van der Waals surface area contributed by atoms with Crippen LogP contribution in [0.15, 0.2) is 12.5 Å². The van der Waals surface area contributed by atoms with Crippen LogP contribution in [-0.2, 0) is 11.2 Å². The maximum absolute atomic E-state index is 10.9. The number of rotatable bonds is 4. The molecule has 1 aliphatic heterocycles. The summed E-state index contributed by atoms with van der Waals surface area (Å²) in [6.45, 7) is 3.51. The number of carboxylic acid groups (broad SMARTS) is 1. The Morgan fingerprint density at radius 1 is 1.45 bits per heavy atom. The van der Waals surface area contributed by atoms with Crippen molar-refractivity contribution in [3.63, 3.8) is 0 Å². The second-order valence-electron chi connectivity index (χ2n) is 5.48. The van der Waals surface area contributed by atoms with Crippen molar-refractivity contribution < 1.29 is 9.90 Å². The number of H-pyrrole nitrogens is 1. The van der Waals surface area contributed by atoms with Crippen molar-refractivity contribution in [3.8, 4) is 0 Å². The molecule has 22 heavy (non-hydrogen) atoms. The molecule has 0 radical (unpaired) electrons. The van der Waals surface area contributed by atoms with E-state index in [2.05, 4.69) is 30.0 Å². The molecule has 0 atom stereocenters. The Morgan fingerprint density at radius 2 is 2.23 bits per heavy atom. The molecule has 8 heteroatoms. The van der Waals surface area contributed by atoms with Gasteiger partial charge in [-0.15, -0.1) is 0 Å². The maximum atomic E-state index is 10.9. The van der Waals surface area contributed by atoms with E-state index in [1.54, 1.807) is 6.20 Å². The molecule has 1 aliphatic rings. The molecule has 0 spiro atoms. The fourth-order valence-electron chi connectivity index (χ4n) is 2.82. The quantitative estimate of drug-likeness (QED) is 0.864. The zero-order valence-electron chi connectivity index (χ0n) is 12.4. The van der Waals surface area contributed by atoms with E-state index < -0.39 is 5.97 Å². The Hall–Kier alpha value is -2.51. The van der Waals surface area contributed by atoms with Gasteiger partial charge in [-0.1, -0.05) is 0 Å². The van der Waals surface area contributed by atoms with Crippen LogP contribution in [0.3, 0.4) is 0 Å². The molecular formula is C14H18N6O2. The molecule has 0 amide bonds. The number of aryl methyl sites for hydroxylation is 1. The molecule has 2 N–H and O–H groups in total. The van der Waals surface area contributed by atoms with Crippen LogP contribution >= 0.6 is 0 Å². The van der Waals surface area contributed by atoms with Crippen LogP contribution < -0.4 is 4.90 Å². The second kappa shape index (κ2) is 6.08. The van der Waals surface area contributed by atoms with Crippen molar-refractivity contribution in [1.29, 1.82) is 0 Å². The van der Waals surface area contributed by atoms with Gasteiger partial charge in [-0.05, 0) is 19.8 Å². The van der Waals surface area contributed by atoms with E-state index >= 15 is 0 Å². The lowest BCUT2D eigenvalue weighted by Crippen LogP contribution is -2.34. The highest BCUT2D eigenvalue weighted by molar-refractivity contribution is 5.72. The number of carbonyl (C=O) groups is 1. The van der Waals surface area contributed by atoms with Crippen LogP contribution in [0.4, 0.5) is 5.82 Å². The van der Waals surface area contributed by atoms with E-state index in [1.165, 1.54) is 6.33 Å². The van der Waals surface area contributed by atoms with Gasteiger partial charge >= 0.3 is 5.97 Å². The summed E-state index contributed by atoms with van der Waals surface area (Å²) in [7, 11) is 0. The smallest absolute Gasteiger partial charge is 0.308 e. The van der Waals surface area contributed by atoms with Gasteiger partial charge in [0.15, 0.2) is 5.82 Å². The summed E-state index contributed by atoms with van der Waals surface area (Å²) >= 11 is 0. The third-order valence-corrected chi connectivity index (χ3v) is 3.88. The third-order valence-electron chi connectivity index (χ3n) is 3.88. The first-order valence-corrected chi connectivity index (χ1v) is 7.28. The standard InChI is InChI=1S/C14H18N6O2/c1-9-17-13(19-18-9)10-2-4-20(5-3-10)14-11(6-12(21)22)7-15-8-16-14/h7-8,10H,2-6H2,1H3,(H,21,22)(H,17,18,19). The predicted molar refractivity (Wildman–Crippen MR) is 78.7 cm³/mol. The zero-order valence-corrected chi connectivity index (χ0v) is 12.4. The average Bonchev–Trinajstić information content (AvgIpc) is 2.94. The Labute approximate surface area is 127 Å². The van der Waals surface area contributed by atoms with Crippen molar-refractivity contribution in [2.45, 2.75) is 32.1 Å². The minimum Gasteiger partial charge on any atom is -0.481 e. The lowest BCUT2D eigenvalue weighted by Gasteiger charge is -2.32. The number of carboxylic acids is 1. The van der Waals surface area contributed by atoms with Crippen LogP contribution in [0.2, 0.25) is 0 Å². The largest absolute Gasteiger partial charge is 0.481 e. The Morgan fingerprint density at radius 3 is 2.86 bits per heavy atom. The summed E-state index contributed by atoms with van der Waals surface area (Å²) in [4.78, 5) is 25.7. The lowest BCUT2D eigenvalue weighted by molar-refractivity contribution is -0.136. The van der Waals surface area contributed by atoms with Crippen LogP contribution in [0, 0.1) is 6.92 Å². The zero-order chi connectivity index (χ0) is 15.5. The van der Waals surface area contributed by atoms with E-state index in [4.69, 9.17) is 5.11 Å². The Kier molecular flexibility index (Phi) is 3.99. The van der Waals surface area contributed by atoms with Crippen LogP contribution in [0.25, 0.3) is 0 Å². The number of nitrogens with zero attached hydrogens (tertiary/aromatic N) is 5. The topological polar surface area (TPSA) is 108 Å². The minimum absolute atomic E-state index is 0.0593. The molecule has 0 saturated carbocycles. The number of aromatic amines is 1. The third kappa shape index (κ3) is 3.05. The van der Waals surface area contributed by atoms with Gasteiger partial charge in [-0.3, -0.25) is 9.89 Å². The number of nitrogens with one attached hydrogen (secondary N) is 1. The SMILES string of the molecule is Cc1nc(C2CCN(c3ncncc3CC(=O)O)CC2)n[nH]1. The highest BCUT2D eigenvalue weighted by Crippen LogP contribution is 2.29. The molecule has 8 nitrogen and oxygen atoms in total. The van der Waals surface area contributed by atoms with Gasteiger partial charge in [0.2, 0.25) is 0 Å². The van der Waals surface area contributed by atoms with Crippen molar-refractivity contribution in [2.24, 2.45) is 0 Å². The van der Waals surface area contributed by atoms with E-state index in [-0.39, 0.29) is 6.42 Å². The molecule has 116 valence electrons. The normalized spacial score (nSPS) is 16.0. The summed E-state index contributed by atoms with van der Waals surface area (Å²) in [6.07, 6.45) is 4.84. The van der Waals surface area contributed by atoms with Gasteiger partial charge in [0.1, 0.15) is 18.0 Å². The molecule has 1 saturated heterocycles. The molecule has 1 fully saturated rings. The minimum atomic E-state index is -0.873. The summed E-state index contributed by atoms with van der Waals surface area (Å²) in [5.74, 6) is 1.89. The number of aromatic nitrogens is 5. The van der Waals surface area contributed by atoms with Gasteiger partial charge in [0.25, 0.3) is 0 Å². The van der Waals surface area contributed by atoms with Gasteiger partial charge in [0.05, 0.1) is 6.42 Å². The number of anilines is 1. The van der Waals surface area contributed by atoms with E-state index in [0.29, 0.717) is 11.5 Å². The highest BCUT2D eigenvalue weighted by Gasteiger charge is 2.25. The number of piperidine rings is 1. The van der Waals surface area contributed by atoms with Gasteiger partial charge < -0.3 is 10.0 Å². The number of aliphatic carboxylic acids is 1. The molecular weight excluding hydrogens is 284 g/mol. The fraction of sp³-hybridized carbons (Fsp3) is 0.500. The summed E-state index contributed by atoms with van der Waals surface area (Å²) < 4.78 is 0. The van der Waals surface area contributed by atoms with E-state index in [1.807, 2.05) is 6.92 Å². The molecule has 0 unspecified atom stereocenters. The van der Waals surface area contributed by atoms with Crippen molar-refractivity contribution in [3.05, 3.63) is 29.7 Å². The number of hydrogen-bond donors (Lipinski definition) is 2. The molecule has 3 heterocycles. The van der Waals surface area contributed by atoms with Crippen LogP contribution in [0.5, 0.6) is 0 Å². The van der Waals surface area contributed by atoms with E-state index in [9.17, 15) is 4.79 Å². The molecule has 2 aromatic rings. The first kappa shape index (κ1) is 14.4. The van der Waals surface area contributed by atoms with Crippen molar-refractivity contribution in [2.75, 3.05) is 18.0 Å². The highest BCUT2D eigenvalue weighted by atomic mass is 16.4. The van der Waals surface area contributed by atoms with Gasteiger partial charge in [-0.2, -0.15) is 5.10 Å². The molecule has 0 aromatic carbocycles. The first-order valence-electron chi connectivity index (χ1n) is 7.28. The Balaban J connectivity index is 1.70. The predicted octanol–water partition coefficient (Wildman–Crippen LogP) is 0.914. The molecule has 3 rings (SSSR count). The maximum Gasteiger partial charge on any atom is 0.308 e. The van der Waals surface area contributed by atoms with Crippen molar-refractivity contribution >= 4 is 11.8 Å². The van der Waals surface area contributed by atoms with E-state index in [0.717, 1.165) is 43.4 Å². The second-order valence-corrected chi connectivity index (χ2v) is 5.48. The monoisotopic (exact) mass is 302 g/mol. The first-order chi connectivity index (χ1) is 10.6. The summed E-state index contributed by atoms with van der Waals surface area (Å²) in [5, 5.41) is 16.1. The lowest BCUT2D eigenvalue weighted by atomic mass is 9.96. The van der Waals surface area contributed by atoms with Crippen LogP contribution in [0.1, 0.15) is 36.0 Å². The van der Waals surface area contributed by atoms with Crippen LogP contribution in [-0.4, -0.2) is 49.3 Å². The fourth-order valence-corrected chi connectivity index (χ4v) is 2.82. The Bertz CT molecular complexity index is 663. The molecule has 0 aliphatic carbocycles. The van der Waals surface area contributed by atoms with Gasteiger partial charge in [-0.25, -0.2) is 15.0 Å². The average molecular weight is 302 g/mol.